The van der Waals surface area contributed by atoms with Gasteiger partial charge in [0.15, 0.2) is 0 Å². The molecule has 0 amide bonds. The van der Waals surface area contributed by atoms with Crippen LogP contribution in [0, 0.1) is 0 Å². The fraction of sp³-hybridized carbons (Fsp3) is 0.364. The number of nitrogens with zero attached hydrogens (tertiary/aromatic N) is 4. The summed E-state index contributed by atoms with van der Waals surface area (Å²) in [6, 6.07) is 1.74. The van der Waals surface area contributed by atoms with E-state index in [4.69, 9.17) is 5.73 Å². The Balaban J connectivity index is 2.39. The maximum atomic E-state index is 5.61. The fourth-order valence-corrected chi connectivity index (χ4v) is 1.35. The maximum Gasteiger partial charge on any atom is 0.127 e. The molecule has 0 aliphatic rings. The molecule has 0 saturated carbocycles. The van der Waals surface area contributed by atoms with E-state index in [9.17, 15) is 0 Å². The van der Waals surface area contributed by atoms with Crippen LogP contribution in [0.25, 0.3) is 11.3 Å². The van der Waals surface area contributed by atoms with Gasteiger partial charge in [-0.05, 0) is 20.8 Å². The first-order valence-electron chi connectivity index (χ1n) is 5.10. The average Bonchev–Trinajstić information content (AvgIpc) is 2.65. The van der Waals surface area contributed by atoms with Gasteiger partial charge in [0.25, 0.3) is 0 Å². The van der Waals surface area contributed by atoms with Gasteiger partial charge in [-0.25, -0.2) is 9.97 Å². The lowest BCUT2D eigenvalue weighted by Gasteiger charge is -2.18. The number of nitrogens with two attached hydrogens (primary N) is 1. The molecule has 5 nitrogen and oxygen atoms in total. The monoisotopic (exact) mass is 217 g/mol. The van der Waals surface area contributed by atoms with Crippen molar-refractivity contribution >= 4 is 5.82 Å². The Morgan fingerprint density at radius 2 is 2.00 bits per heavy atom. The molecule has 2 aromatic rings. The predicted molar refractivity (Wildman–Crippen MR) is 62.7 cm³/mol. The molecule has 84 valence electrons. The molecule has 2 heterocycles. The molecule has 0 aromatic carbocycles. The maximum absolute atomic E-state index is 5.61. The van der Waals surface area contributed by atoms with E-state index in [1.165, 1.54) is 6.33 Å². The Morgan fingerprint density at radius 3 is 2.56 bits per heavy atom. The van der Waals surface area contributed by atoms with Crippen LogP contribution in [0.2, 0.25) is 0 Å². The van der Waals surface area contributed by atoms with Gasteiger partial charge in [-0.2, -0.15) is 5.10 Å². The van der Waals surface area contributed by atoms with Crippen molar-refractivity contribution in [3.8, 4) is 11.3 Å². The summed E-state index contributed by atoms with van der Waals surface area (Å²) >= 11 is 0. The van der Waals surface area contributed by atoms with E-state index < -0.39 is 0 Å². The summed E-state index contributed by atoms with van der Waals surface area (Å²) in [4.78, 5) is 8.02. The molecule has 2 aromatic heterocycles. The van der Waals surface area contributed by atoms with Crippen LogP contribution in [0.3, 0.4) is 0 Å². The van der Waals surface area contributed by atoms with Crippen LogP contribution in [0.15, 0.2) is 24.8 Å². The highest BCUT2D eigenvalue weighted by Gasteiger charge is 2.14. The molecule has 0 fully saturated rings. The smallest absolute Gasteiger partial charge is 0.127 e. The molecular weight excluding hydrogens is 202 g/mol. The van der Waals surface area contributed by atoms with Gasteiger partial charge in [-0.3, -0.25) is 4.68 Å². The molecule has 0 atom stereocenters. The second-order valence-electron chi connectivity index (χ2n) is 4.67. The van der Waals surface area contributed by atoms with Crippen LogP contribution >= 0.6 is 0 Å². The second-order valence-corrected chi connectivity index (χ2v) is 4.67. The van der Waals surface area contributed by atoms with E-state index in [2.05, 4.69) is 35.8 Å². The van der Waals surface area contributed by atoms with Gasteiger partial charge in [-0.15, -0.1) is 0 Å². The standard InChI is InChI=1S/C11H15N5/c1-11(2,3)16-6-8(5-15-16)9-4-10(12)14-7-13-9/h4-7H,1-3H3,(H2,12,13,14). The summed E-state index contributed by atoms with van der Waals surface area (Å²) in [5.41, 5.74) is 7.32. The third-order valence-electron chi connectivity index (χ3n) is 2.25. The van der Waals surface area contributed by atoms with Crippen LogP contribution in [-0.2, 0) is 5.54 Å². The van der Waals surface area contributed by atoms with Gasteiger partial charge in [-0.1, -0.05) is 0 Å². The number of hydrogen-bond donors (Lipinski definition) is 1. The van der Waals surface area contributed by atoms with Crippen molar-refractivity contribution in [3.63, 3.8) is 0 Å². The Morgan fingerprint density at radius 1 is 1.25 bits per heavy atom. The van der Waals surface area contributed by atoms with E-state index in [0.29, 0.717) is 5.82 Å². The average molecular weight is 217 g/mol. The zero-order chi connectivity index (χ0) is 11.8. The van der Waals surface area contributed by atoms with Crippen molar-refractivity contribution in [3.05, 3.63) is 24.8 Å². The number of nitrogen functional groups attached to an aromatic ring is 1. The van der Waals surface area contributed by atoms with Crippen LogP contribution < -0.4 is 5.73 Å². The molecule has 16 heavy (non-hydrogen) atoms. The van der Waals surface area contributed by atoms with Crippen molar-refractivity contribution in [2.75, 3.05) is 5.73 Å². The summed E-state index contributed by atoms with van der Waals surface area (Å²) in [6.45, 7) is 6.29. The summed E-state index contributed by atoms with van der Waals surface area (Å²) in [5.74, 6) is 0.466. The normalized spacial score (nSPS) is 11.7. The van der Waals surface area contributed by atoms with E-state index in [1.54, 1.807) is 12.3 Å². The highest BCUT2D eigenvalue weighted by Crippen LogP contribution is 2.20. The van der Waals surface area contributed by atoms with Crippen molar-refractivity contribution in [1.29, 1.82) is 0 Å². The zero-order valence-corrected chi connectivity index (χ0v) is 9.68. The van der Waals surface area contributed by atoms with Crippen LogP contribution in [0.5, 0.6) is 0 Å². The van der Waals surface area contributed by atoms with E-state index in [1.807, 2.05) is 10.9 Å². The first-order valence-corrected chi connectivity index (χ1v) is 5.10. The van der Waals surface area contributed by atoms with Gasteiger partial charge < -0.3 is 5.73 Å². The lowest BCUT2D eigenvalue weighted by atomic mass is 10.1. The highest BCUT2D eigenvalue weighted by molar-refractivity contribution is 5.59. The summed E-state index contributed by atoms with van der Waals surface area (Å²) in [5, 5.41) is 4.31. The van der Waals surface area contributed by atoms with Gasteiger partial charge in [0.1, 0.15) is 12.1 Å². The summed E-state index contributed by atoms with van der Waals surface area (Å²) in [6.07, 6.45) is 5.20. The number of anilines is 1. The molecule has 5 heteroatoms. The first-order chi connectivity index (χ1) is 7.47. The molecule has 0 spiro atoms. The first kappa shape index (κ1) is 10.6. The van der Waals surface area contributed by atoms with Gasteiger partial charge >= 0.3 is 0 Å². The van der Waals surface area contributed by atoms with Crippen molar-refractivity contribution < 1.29 is 0 Å². The Hall–Kier alpha value is -1.91. The molecule has 0 saturated heterocycles. The van der Waals surface area contributed by atoms with Crippen molar-refractivity contribution in [2.24, 2.45) is 0 Å². The predicted octanol–water partition coefficient (Wildman–Crippen LogP) is 1.68. The molecule has 0 radical (unpaired) electrons. The van der Waals surface area contributed by atoms with Crippen molar-refractivity contribution in [1.82, 2.24) is 19.7 Å². The molecule has 0 aliphatic carbocycles. The molecule has 0 unspecified atom stereocenters. The third-order valence-corrected chi connectivity index (χ3v) is 2.25. The third kappa shape index (κ3) is 2.03. The minimum Gasteiger partial charge on any atom is -0.384 e. The van der Waals surface area contributed by atoms with E-state index >= 15 is 0 Å². The Bertz CT molecular complexity index is 495. The van der Waals surface area contributed by atoms with E-state index in [-0.39, 0.29) is 5.54 Å². The van der Waals surface area contributed by atoms with Gasteiger partial charge in [0.05, 0.1) is 17.4 Å². The molecule has 2 rings (SSSR count). The molecule has 0 aliphatic heterocycles. The number of hydrogen-bond acceptors (Lipinski definition) is 4. The van der Waals surface area contributed by atoms with Crippen LogP contribution in [-0.4, -0.2) is 19.7 Å². The minimum atomic E-state index is -0.0309. The van der Waals surface area contributed by atoms with Crippen LogP contribution in [0.4, 0.5) is 5.82 Å². The van der Waals surface area contributed by atoms with Gasteiger partial charge in [0.2, 0.25) is 0 Å². The van der Waals surface area contributed by atoms with E-state index in [0.717, 1.165) is 11.3 Å². The number of aromatic nitrogens is 4. The quantitative estimate of drug-likeness (QED) is 0.789. The lowest BCUT2D eigenvalue weighted by Crippen LogP contribution is -2.21. The van der Waals surface area contributed by atoms with Gasteiger partial charge in [0, 0.05) is 17.8 Å². The SMILES string of the molecule is CC(C)(C)n1cc(-c2cc(N)ncn2)cn1. The summed E-state index contributed by atoms with van der Waals surface area (Å²) < 4.78 is 1.90. The summed E-state index contributed by atoms with van der Waals surface area (Å²) in [7, 11) is 0. The largest absolute Gasteiger partial charge is 0.384 e. The molecule has 0 bridgehead atoms. The Labute approximate surface area is 94.3 Å². The number of rotatable bonds is 1. The van der Waals surface area contributed by atoms with Crippen molar-refractivity contribution in [2.45, 2.75) is 26.3 Å². The lowest BCUT2D eigenvalue weighted by molar-refractivity contribution is 0.355. The minimum absolute atomic E-state index is 0.0309. The highest BCUT2D eigenvalue weighted by atomic mass is 15.3. The molecule has 2 N–H and O–H groups in total. The zero-order valence-electron chi connectivity index (χ0n) is 9.68. The topological polar surface area (TPSA) is 69.6 Å². The second kappa shape index (κ2) is 3.59. The van der Waals surface area contributed by atoms with Crippen LogP contribution in [0.1, 0.15) is 20.8 Å². The molecular formula is C11H15N5. The Kier molecular flexibility index (Phi) is 2.38. The fourth-order valence-electron chi connectivity index (χ4n) is 1.35.